The molecule has 2 aliphatic heterocycles. The van der Waals surface area contributed by atoms with Crippen LogP contribution in [0, 0.1) is 12.3 Å². The van der Waals surface area contributed by atoms with E-state index < -0.39 is 17.4 Å². The smallest absolute Gasteiger partial charge is 0.253 e. The molecule has 3 amide bonds. The van der Waals surface area contributed by atoms with E-state index in [4.69, 9.17) is 11.1 Å². The van der Waals surface area contributed by atoms with Gasteiger partial charge in [0, 0.05) is 67.6 Å². The molecule has 238 valence electrons. The fourth-order valence-electron chi connectivity index (χ4n) is 6.94. The number of fused-ring (bicyclic) bond motifs is 2. The molecule has 0 unspecified atom stereocenters. The van der Waals surface area contributed by atoms with E-state index >= 15 is 0 Å². The number of pyridine rings is 2. The van der Waals surface area contributed by atoms with Crippen molar-refractivity contribution in [1.82, 2.24) is 20.2 Å². The van der Waals surface area contributed by atoms with E-state index in [1.165, 1.54) is 12.4 Å². The molecule has 10 heteroatoms. The molecule has 6 rings (SSSR count). The monoisotopic (exact) mass is 619 g/mol. The van der Waals surface area contributed by atoms with Gasteiger partial charge in [-0.2, -0.15) is 0 Å². The first-order valence-corrected chi connectivity index (χ1v) is 16.1. The highest BCUT2D eigenvalue weighted by atomic mass is 16.2. The predicted octanol–water partition coefficient (Wildman–Crippen LogP) is 4.52. The molecule has 46 heavy (non-hydrogen) atoms. The summed E-state index contributed by atoms with van der Waals surface area (Å²) in [6, 6.07) is 6.72. The van der Waals surface area contributed by atoms with Crippen molar-refractivity contribution in [3.05, 3.63) is 87.4 Å². The van der Waals surface area contributed by atoms with Crippen molar-refractivity contribution in [2.75, 3.05) is 24.6 Å². The van der Waals surface area contributed by atoms with Crippen molar-refractivity contribution >= 4 is 41.5 Å². The predicted molar refractivity (Wildman–Crippen MR) is 179 cm³/mol. The van der Waals surface area contributed by atoms with Crippen LogP contribution in [0.5, 0.6) is 0 Å². The molecule has 1 aliphatic carbocycles. The third-order valence-corrected chi connectivity index (χ3v) is 9.60. The van der Waals surface area contributed by atoms with Crippen molar-refractivity contribution in [2.45, 2.75) is 76.2 Å². The summed E-state index contributed by atoms with van der Waals surface area (Å²) in [5.74, 6) is -0.111. The number of amides is 3. The first-order valence-electron chi connectivity index (χ1n) is 16.1. The zero-order valence-electron chi connectivity index (χ0n) is 26.5. The Balaban J connectivity index is 1.32. The van der Waals surface area contributed by atoms with Gasteiger partial charge in [0.1, 0.15) is 11.9 Å². The number of nitrogen functional groups attached to an aromatic ring is 1. The number of allylic oxidation sites excluding steroid dienone is 1. The number of nitrogens with one attached hydrogen (secondary N) is 3. The highest BCUT2D eigenvalue weighted by Crippen LogP contribution is 2.46. The summed E-state index contributed by atoms with van der Waals surface area (Å²) >= 11 is 0. The molecule has 1 spiro atoms. The summed E-state index contributed by atoms with van der Waals surface area (Å²) < 4.78 is 0. The van der Waals surface area contributed by atoms with Crippen molar-refractivity contribution in [2.24, 2.45) is 0 Å². The molecule has 2 atom stereocenters. The summed E-state index contributed by atoms with van der Waals surface area (Å²) in [4.78, 5) is 51.9. The van der Waals surface area contributed by atoms with Gasteiger partial charge in [0.05, 0.1) is 11.0 Å². The van der Waals surface area contributed by atoms with Gasteiger partial charge in [0.25, 0.3) is 5.91 Å². The second kappa shape index (κ2) is 12.9. The molecule has 0 fully saturated rings. The minimum absolute atomic E-state index is 0.105. The number of likely N-dealkylation sites (N-methyl/N-ethyl adjacent to an activating group) is 1. The molecule has 1 aromatic carbocycles. The molecule has 5 bridgehead atoms. The highest BCUT2D eigenvalue weighted by Gasteiger charge is 2.52. The molecule has 3 aromatic rings. The number of nitrogens with zero attached hydrogens (tertiary/aromatic N) is 3. The summed E-state index contributed by atoms with van der Waals surface area (Å²) in [5.41, 5.74) is 11.8. The second-order valence-electron chi connectivity index (χ2n) is 12.9. The number of rotatable bonds is 3. The normalized spacial score (nSPS) is 22.5. The Hall–Kier alpha value is -4.86. The topological polar surface area (TPSA) is 154 Å². The SMILES string of the molecule is Cc1cc(C[C@H]2NC(=O)c3cnc4c(c3)C[C@@]3(C4)C(=O)Nc4ncc(cc43)/C=C/CCCCCCCN(C)C2=O)cc(C=N)c1N. The summed E-state index contributed by atoms with van der Waals surface area (Å²) in [6.45, 7) is 2.46. The number of nitrogens with two attached hydrogens (primary N) is 1. The third-order valence-electron chi connectivity index (χ3n) is 9.60. The van der Waals surface area contributed by atoms with Crippen LogP contribution in [-0.4, -0.2) is 58.4 Å². The second-order valence-corrected chi connectivity index (χ2v) is 12.9. The lowest BCUT2D eigenvalue weighted by atomic mass is 9.79. The van der Waals surface area contributed by atoms with Crippen molar-refractivity contribution < 1.29 is 14.4 Å². The number of aromatic nitrogens is 2. The van der Waals surface area contributed by atoms with E-state index in [9.17, 15) is 14.4 Å². The van der Waals surface area contributed by atoms with Gasteiger partial charge in [0.15, 0.2) is 0 Å². The van der Waals surface area contributed by atoms with Crippen LogP contribution in [0.25, 0.3) is 6.08 Å². The fraction of sp³-hybridized carbons (Fsp3) is 0.389. The maximum absolute atomic E-state index is 13.8. The molecular formula is C36H41N7O3. The molecule has 4 heterocycles. The minimum Gasteiger partial charge on any atom is -0.398 e. The molecule has 0 saturated carbocycles. The van der Waals surface area contributed by atoms with Crippen LogP contribution < -0.4 is 16.4 Å². The van der Waals surface area contributed by atoms with Gasteiger partial charge in [0.2, 0.25) is 11.8 Å². The van der Waals surface area contributed by atoms with E-state index in [0.717, 1.165) is 72.0 Å². The van der Waals surface area contributed by atoms with Crippen LogP contribution >= 0.6 is 0 Å². The first kappa shape index (κ1) is 31.1. The number of carbonyl (C=O) groups excluding carboxylic acids is 3. The lowest BCUT2D eigenvalue weighted by Gasteiger charge is -2.25. The summed E-state index contributed by atoms with van der Waals surface area (Å²) in [5, 5.41) is 13.7. The number of aryl methyl sites for hydroxylation is 1. The lowest BCUT2D eigenvalue weighted by Crippen LogP contribution is -2.48. The van der Waals surface area contributed by atoms with Crippen molar-refractivity contribution in [1.29, 1.82) is 5.41 Å². The molecule has 0 saturated heterocycles. The van der Waals surface area contributed by atoms with Gasteiger partial charge >= 0.3 is 0 Å². The molecule has 0 radical (unpaired) electrons. The van der Waals surface area contributed by atoms with Crippen LogP contribution in [0.15, 0.2) is 42.7 Å². The van der Waals surface area contributed by atoms with Gasteiger partial charge in [-0.15, -0.1) is 0 Å². The summed E-state index contributed by atoms with van der Waals surface area (Å²) in [7, 11) is 1.78. The number of hydrogen-bond acceptors (Lipinski definition) is 7. The van der Waals surface area contributed by atoms with Crippen molar-refractivity contribution in [3.63, 3.8) is 0 Å². The number of carbonyl (C=O) groups is 3. The van der Waals surface area contributed by atoms with Crippen LogP contribution in [-0.2, 0) is 34.3 Å². The quantitative estimate of drug-likeness (QED) is 0.250. The van der Waals surface area contributed by atoms with E-state index in [2.05, 4.69) is 38.8 Å². The van der Waals surface area contributed by atoms with Crippen LogP contribution in [0.4, 0.5) is 11.5 Å². The van der Waals surface area contributed by atoms with E-state index in [0.29, 0.717) is 42.0 Å². The number of anilines is 2. The van der Waals surface area contributed by atoms with E-state index in [1.807, 2.05) is 13.0 Å². The van der Waals surface area contributed by atoms with Crippen molar-refractivity contribution in [3.8, 4) is 0 Å². The Kier molecular flexibility index (Phi) is 8.71. The van der Waals surface area contributed by atoms with Gasteiger partial charge in [-0.1, -0.05) is 37.5 Å². The van der Waals surface area contributed by atoms with Gasteiger partial charge in [-0.05, 0) is 73.1 Å². The van der Waals surface area contributed by atoms with Gasteiger partial charge in [-0.3, -0.25) is 19.4 Å². The minimum atomic E-state index is -0.833. The zero-order chi connectivity index (χ0) is 32.4. The summed E-state index contributed by atoms with van der Waals surface area (Å²) in [6.07, 6.45) is 16.0. The fourth-order valence-corrected chi connectivity index (χ4v) is 6.94. The Labute approximate surface area is 269 Å². The largest absolute Gasteiger partial charge is 0.398 e. The zero-order valence-corrected chi connectivity index (χ0v) is 26.5. The molecule has 3 aliphatic rings. The maximum atomic E-state index is 13.8. The van der Waals surface area contributed by atoms with E-state index in [-0.39, 0.29) is 18.2 Å². The van der Waals surface area contributed by atoms with E-state index in [1.54, 1.807) is 30.3 Å². The standard InChI is InChI=1S/C36H41N7O3/c1-22-12-24(13-26(19-37)31(22)38)15-29-34(45)43(2)11-9-7-5-3-4-6-8-10-23-14-28-32(40-20-23)42-35(46)36(28)17-25-16-27(33(44)41-29)21-39-30(25)18-36/h8,10,12-14,16,19-21,29,37H,3-7,9,11,15,17-18,38H2,1-2H3,(H,41,44)(H,40,42,46)/b10-8+,37-19?/t29-,36+/m1/s1. The third kappa shape index (κ3) is 6.03. The van der Waals surface area contributed by atoms with Gasteiger partial charge in [-0.25, -0.2) is 4.98 Å². The first-order chi connectivity index (χ1) is 22.2. The van der Waals surface area contributed by atoms with Crippen LogP contribution in [0.1, 0.15) is 88.0 Å². The Morgan fingerprint density at radius 3 is 2.67 bits per heavy atom. The molecule has 2 aromatic heterocycles. The molecule has 5 N–H and O–H groups in total. The van der Waals surface area contributed by atoms with Crippen LogP contribution in [0.3, 0.4) is 0 Å². The molecular weight excluding hydrogens is 578 g/mol. The number of hydrogen-bond donors (Lipinski definition) is 4. The Morgan fingerprint density at radius 2 is 1.85 bits per heavy atom. The number of benzene rings is 1. The molecule has 10 nitrogen and oxygen atoms in total. The lowest BCUT2D eigenvalue weighted by molar-refractivity contribution is -0.132. The maximum Gasteiger partial charge on any atom is 0.253 e. The Morgan fingerprint density at radius 1 is 1.04 bits per heavy atom. The highest BCUT2D eigenvalue weighted by molar-refractivity contribution is 6.06. The average molecular weight is 620 g/mol. The average Bonchev–Trinajstić information content (AvgIpc) is 3.56. The Bertz CT molecular complexity index is 1750. The van der Waals surface area contributed by atoms with Crippen LogP contribution in [0.2, 0.25) is 0 Å². The van der Waals surface area contributed by atoms with Gasteiger partial charge < -0.3 is 26.7 Å².